The Morgan fingerprint density at radius 3 is 2.68 bits per heavy atom. The summed E-state index contributed by atoms with van der Waals surface area (Å²) in [5.74, 6) is -1.24. The summed E-state index contributed by atoms with van der Waals surface area (Å²) in [6.07, 6.45) is 0. The number of benzene rings is 2. The van der Waals surface area contributed by atoms with E-state index in [0.29, 0.717) is 24.5 Å². The molecular formula is C25H30FN3O5. The van der Waals surface area contributed by atoms with Gasteiger partial charge in [0.25, 0.3) is 5.91 Å². The molecule has 0 spiro atoms. The van der Waals surface area contributed by atoms with E-state index in [4.69, 9.17) is 9.47 Å². The van der Waals surface area contributed by atoms with Crippen LogP contribution in [0, 0.1) is 12.7 Å². The summed E-state index contributed by atoms with van der Waals surface area (Å²) in [7, 11) is 0. The first-order valence-corrected chi connectivity index (χ1v) is 11.3. The monoisotopic (exact) mass is 471 g/mol. The van der Waals surface area contributed by atoms with E-state index in [0.717, 1.165) is 18.7 Å². The Kier molecular flexibility index (Phi) is 8.59. The average molecular weight is 472 g/mol. The van der Waals surface area contributed by atoms with E-state index in [9.17, 15) is 18.8 Å². The van der Waals surface area contributed by atoms with Gasteiger partial charge in [0.1, 0.15) is 12.3 Å². The van der Waals surface area contributed by atoms with Crippen molar-refractivity contribution in [3.63, 3.8) is 0 Å². The molecule has 1 N–H and O–H groups in total. The third kappa shape index (κ3) is 6.32. The third-order valence-corrected chi connectivity index (χ3v) is 5.62. The number of aryl methyl sites for hydroxylation is 1. The highest BCUT2D eigenvalue weighted by Gasteiger charge is 2.28. The lowest BCUT2D eigenvalue weighted by Gasteiger charge is -2.29. The van der Waals surface area contributed by atoms with E-state index in [-0.39, 0.29) is 42.9 Å². The Bertz CT molecular complexity index is 1050. The van der Waals surface area contributed by atoms with Gasteiger partial charge in [0.05, 0.1) is 5.69 Å². The molecule has 1 aliphatic heterocycles. The van der Waals surface area contributed by atoms with Gasteiger partial charge < -0.3 is 19.7 Å². The fourth-order valence-electron chi connectivity index (χ4n) is 3.59. The lowest BCUT2D eigenvalue weighted by molar-refractivity contribution is -0.125. The highest BCUT2D eigenvalue weighted by molar-refractivity contribution is 6.04. The highest BCUT2D eigenvalue weighted by atomic mass is 19.1. The Morgan fingerprint density at radius 1 is 1.18 bits per heavy atom. The number of rotatable bonds is 11. The Balaban J connectivity index is 1.67. The lowest BCUT2D eigenvalue weighted by atomic mass is 10.1. The van der Waals surface area contributed by atoms with Gasteiger partial charge in [0.15, 0.2) is 30.6 Å². The average Bonchev–Trinajstić information content (AvgIpc) is 2.83. The molecule has 1 aliphatic rings. The summed E-state index contributed by atoms with van der Waals surface area (Å²) in [5, 5.41) is 2.83. The molecule has 2 aromatic carbocycles. The molecule has 34 heavy (non-hydrogen) atoms. The molecule has 0 radical (unpaired) electrons. The number of fused-ring (bicyclic) bond motifs is 1. The van der Waals surface area contributed by atoms with Crippen molar-refractivity contribution in [1.29, 1.82) is 0 Å². The van der Waals surface area contributed by atoms with Crippen molar-refractivity contribution >= 4 is 23.3 Å². The van der Waals surface area contributed by atoms with Gasteiger partial charge in [-0.15, -0.1) is 0 Å². The molecule has 2 amide bonds. The second kappa shape index (κ2) is 11.6. The zero-order valence-electron chi connectivity index (χ0n) is 19.7. The minimum absolute atomic E-state index is 0.00664. The molecule has 1 heterocycles. The summed E-state index contributed by atoms with van der Waals surface area (Å²) in [4.78, 5) is 41.1. The number of carbonyl (C=O) groups excluding carboxylic acids is 3. The number of likely N-dealkylation sites (N-methyl/N-ethyl adjacent to an activating group) is 1. The second-order valence-corrected chi connectivity index (χ2v) is 7.97. The van der Waals surface area contributed by atoms with Crippen molar-refractivity contribution in [2.75, 3.05) is 50.8 Å². The summed E-state index contributed by atoms with van der Waals surface area (Å²) < 4.78 is 24.7. The standard InChI is InChI=1S/C25H30FN3O5/c1-4-28(5-2)11-10-27-24(31)14-29-20-13-18(7-9-22(20)34-16-25(29)32)21(30)15-33-23-12-17(3)6-8-19(23)26/h6-9,12-13H,4-5,10-11,14-16H2,1-3H3,(H,27,31). The Hall–Kier alpha value is -3.46. The van der Waals surface area contributed by atoms with Crippen molar-refractivity contribution < 1.29 is 28.2 Å². The first-order valence-electron chi connectivity index (χ1n) is 11.3. The van der Waals surface area contributed by atoms with Crippen LogP contribution in [0.3, 0.4) is 0 Å². The van der Waals surface area contributed by atoms with Crippen LogP contribution in [-0.2, 0) is 9.59 Å². The number of hydrogen-bond acceptors (Lipinski definition) is 6. The van der Waals surface area contributed by atoms with Crippen molar-refractivity contribution in [3.8, 4) is 11.5 Å². The number of ether oxygens (including phenoxy) is 2. The molecule has 0 atom stereocenters. The number of Topliss-reactive ketones (excluding diaryl/α,β-unsaturated/α-hetero) is 1. The van der Waals surface area contributed by atoms with E-state index in [1.807, 2.05) is 0 Å². The normalized spacial score (nSPS) is 12.9. The third-order valence-electron chi connectivity index (χ3n) is 5.62. The van der Waals surface area contributed by atoms with Crippen LogP contribution in [-0.4, -0.2) is 68.4 Å². The molecule has 0 unspecified atom stereocenters. The maximum Gasteiger partial charge on any atom is 0.265 e. The van der Waals surface area contributed by atoms with Gasteiger partial charge in [-0.3, -0.25) is 19.3 Å². The van der Waals surface area contributed by atoms with Crippen molar-refractivity contribution in [2.24, 2.45) is 0 Å². The number of halogens is 1. The van der Waals surface area contributed by atoms with Gasteiger partial charge in [-0.1, -0.05) is 19.9 Å². The summed E-state index contributed by atoms with van der Waals surface area (Å²) in [6, 6.07) is 9.03. The maximum absolute atomic E-state index is 13.9. The highest BCUT2D eigenvalue weighted by Crippen LogP contribution is 2.33. The van der Waals surface area contributed by atoms with Gasteiger partial charge in [-0.2, -0.15) is 0 Å². The van der Waals surface area contributed by atoms with Crippen molar-refractivity contribution in [2.45, 2.75) is 20.8 Å². The smallest absolute Gasteiger partial charge is 0.265 e. The van der Waals surface area contributed by atoms with Crippen molar-refractivity contribution in [1.82, 2.24) is 10.2 Å². The molecule has 9 heteroatoms. The molecule has 182 valence electrons. The summed E-state index contributed by atoms with van der Waals surface area (Å²) >= 11 is 0. The van der Waals surface area contributed by atoms with E-state index in [2.05, 4.69) is 24.1 Å². The Labute approximate surface area is 198 Å². The van der Waals surface area contributed by atoms with Crippen LogP contribution < -0.4 is 19.7 Å². The minimum Gasteiger partial charge on any atom is -0.482 e. The number of amides is 2. The van der Waals surface area contributed by atoms with Crippen molar-refractivity contribution in [3.05, 3.63) is 53.3 Å². The molecule has 0 aromatic heterocycles. The topological polar surface area (TPSA) is 88.2 Å². The van der Waals surface area contributed by atoms with Gasteiger partial charge >= 0.3 is 0 Å². The zero-order chi connectivity index (χ0) is 24.7. The Morgan fingerprint density at radius 2 is 1.94 bits per heavy atom. The van der Waals surface area contributed by atoms with E-state index < -0.39 is 11.6 Å². The van der Waals surface area contributed by atoms with E-state index in [1.165, 1.54) is 23.1 Å². The molecule has 0 saturated heterocycles. The number of ketones is 1. The first-order chi connectivity index (χ1) is 16.3. The van der Waals surface area contributed by atoms with Gasteiger partial charge in [-0.25, -0.2) is 4.39 Å². The van der Waals surface area contributed by atoms with Gasteiger partial charge in [-0.05, 0) is 55.9 Å². The van der Waals surface area contributed by atoms with Crippen LogP contribution in [0.5, 0.6) is 11.5 Å². The van der Waals surface area contributed by atoms with Gasteiger partial charge in [0, 0.05) is 18.7 Å². The molecule has 0 fully saturated rings. The molecular weight excluding hydrogens is 441 g/mol. The van der Waals surface area contributed by atoms with Crippen LogP contribution in [0.25, 0.3) is 0 Å². The quantitative estimate of drug-likeness (QED) is 0.507. The van der Waals surface area contributed by atoms with Gasteiger partial charge in [0.2, 0.25) is 5.91 Å². The van der Waals surface area contributed by atoms with E-state index in [1.54, 1.807) is 25.1 Å². The number of nitrogens with zero attached hydrogens (tertiary/aromatic N) is 2. The largest absolute Gasteiger partial charge is 0.482 e. The summed E-state index contributed by atoms with van der Waals surface area (Å²) in [6.45, 7) is 8.11. The van der Waals surface area contributed by atoms with Crippen LogP contribution >= 0.6 is 0 Å². The number of anilines is 1. The SMILES string of the molecule is CCN(CC)CCNC(=O)CN1C(=O)COc2ccc(C(=O)COc3cc(C)ccc3F)cc21. The first kappa shape index (κ1) is 25.2. The maximum atomic E-state index is 13.9. The van der Waals surface area contributed by atoms with Crippen LogP contribution in [0.1, 0.15) is 29.8 Å². The minimum atomic E-state index is -0.555. The van der Waals surface area contributed by atoms with Crippen LogP contribution in [0.15, 0.2) is 36.4 Å². The lowest BCUT2D eigenvalue weighted by Crippen LogP contribution is -2.46. The molecule has 0 aliphatic carbocycles. The van der Waals surface area contributed by atoms with Crippen LogP contribution in [0.2, 0.25) is 0 Å². The van der Waals surface area contributed by atoms with E-state index >= 15 is 0 Å². The zero-order valence-corrected chi connectivity index (χ0v) is 19.7. The molecule has 3 rings (SSSR count). The fourth-order valence-corrected chi connectivity index (χ4v) is 3.59. The molecule has 0 bridgehead atoms. The predicted octanol–water partition coefficient (Wildman–Crippen LogP) is 2.58. The molecule has 2 aromatic rings. The number of hydrogen-bond donors (Lipinski definition) is 1. The number of nitrogens with one attached hydrogen (secondary N) is 1. The van der Waals surface area contributed by atoms with Crippen LogP contribution in [0.4, 0.5) is 10.1 Å². The summed E-state index contributed by atoms with van der Waals surface area (Å²) in [5.41, 5.74) is 1.40. The predicted molar refractivity (Wildman–Crippen MR) is 126 cm³/mol. The second-order valence-electron chi connectivity index (χ2n) is 7.97. The molecule has 8 nitrogen and oxygen atoms in total. The fraction of sp³-hybridized carbons (Fsp3) is 0.400. The molecule has 0 saturated carbocycles. The number of carbonyl (C=O) groups is 3.